The van der Waals surface area contributed by atoms with E-state index in [9.17, 15) is 14.7 Å². The first-order valence-electron chi connectivity index (χ1n) is 11.2. The second kappa shape index (κ2) is 8.15. The molecule has 0 aromatic heterocycles. The molecule has 3 aromatic carbocycles. The number of carbonyl (C=O) groups is 2. The van der Waals surface area contributed by atoms with Gasteiger partial charge in [0.1, 0.15) is 5.75 Å². The lowest BCUT2D eigenvalue weighted by molar-refractivity contribution is -0.119. The molecule has 5 rings (SSSR count). The van der Waals surface area contributed by atoms with E-state index in [2.05, 4.69) is 5.32 Å². The van der Waals surface area contributed by atoms with Crippen LogP contribution in [-0.2, 0) is 4.79 Å². The lowest BCUT2D eigenvalue weighted by atomic mass is 9.65. The number of carbonyl (C=O) groups excluding carboxylic acids is 2. The molecule has 1 heterocycles. The molecule has 1 saturated carbocycles. The summed E-state index contributed by atoms with van der Waals surface area (Å²) in [6.07, 6.45) is 4.51. The van der Waals surface area contributed by atoms with Crippen molar-refractivity contribution in [2.24, 2.45) is 0 Å². The monoisotopic (exact) mass is 426 g/mol. The Labute approximate surface area is 187 Å². The van der Waals surface area contributed by atoms with Crippen LogP contribution in [0.15, 0.2) is 78.9 Å². The Hall–Kier alpha value is -3.60. The number of nitrogens with zero attached hydrogens (tertiary/aromatic N) is 1. The summed E-state index contributed by atoms with van der Waals surface area (Å²) in [5.41, 5.74) is 1.86. The van der Waals surface area contributed by atoms with Crippen molar-refractivity contribution in [3.63, 3.8) is 0 Å². The molecule has 3 aromatic rings. The summed E-state index contributed by atoms with van der Waals surface area (Å²) in [5.74, 6) is -0.773. The maximum absolute atomic E-state index is 13.9. The average Bonchev–Trinajstić information content (AvgIpc) is 2.82. The third kappa shape index (κ3) is 3.25. The molecule has 0 bridgehead atoms. The molecule has 5 heteroatoms. The van der Waals surface area contributed by atoms with E-state index in [4.69, 9.17) is 0 Å². The van der Waals surface area contributed by atoms with Crippen LogP contribution in [0.25, 0.3) is 0 Å². The minimum atomic E-state index is -0.653. The van der Waals surface area contributed by atoms with E-state index in [1.165, 1.54) is 0 Å². The summed E-state index contributed by atoms with van der Waals surface area (Å²) in [4.78, 5) is 29.6. The van der Waals surface area contributed by atoms with Crippen LogP contribution in [0.5, 0.6) is 5.75 Å². The second-order valence-corrected chi connectivity index (χ2v) is 8.67. The molecule has 162 valence electrons. The van der Waals surface area contributed by atoms with Crippen molar-refractivity contribution in [1.82, 2.24) is 0 Å². The normalized spacial score (nSPS) is 19.4. The zero-order valence-corrected chi connectivity index (χ0v) is 17.8. The van der Waals surface area contributed by atoms with Gasteiger partial charge in [0.15, 0.2) is 0 Å². The number of anilines is 2. The predicted molar refractivity (Wildman–Crippen MR) is 125 cm³/mol. The molecule has 1 aliphatic carbocycles. The van der Waals surface area contributed by atoms with E-state index in [-0.39, 0.29) is 17.6 Å². The van der Waals surface area contributed by atoms with Crippen LogP contribution in [0, 0.1) is 0 Å². The maximum Gasteiger partial charge on any atom is 0.259 e. The molecule has 0 unspecified atom stereocenters. The summed E-state index contributed by atoms with van der Waals surface area (Å²) in [7, 11) is 0. The minimum absolute atomic E-state index is 0.0265. The number of amides is 2. The van der Waals surface area contributed by atoms with Crippen LogP contribution in [0.4, 0.5) is 11.4 Å². The molecule has 2 N–H and O–H groups in total. The molecular weight excluding hydrogens is 400 g/mol. The zero-order valence-electron chi connectivity index (χ0n) is 17.8. The molecule has 32 heavy (non-hydrogen) atoms. The predicted octanol–water partition coefficient (Wildman–Crippen LogP) is 5.48. The smallest absolute Gasteiger partial charge is 0.259 e. The molecule has 5 nitrogen and oxygen atoms in total. The number of para-hydroxylation sites is 3. The summed E-state index contributed by atoms with van der Waals surface area (Å²) in [6, 6.07) is 23.9. The van der Waals surface area contributed by atoms with E-state index in [1.54, 1.807) is 24.3 Å². The summed E-state index contributed by atoms with van der Waals surface area (Å²) in [6.45, 7) is 0. The average molecular weight is 427 g/mol. The Morgan fingerprint density at radius 3 is 2.28 bits per heavy atom. The van der Waals surface area contributed by atoms with Crippen molar-refractivity contribution in [3.05, 3.63) is 90.0 Å². The Kier molecular flexibility index (Phi) is 5.17. The van der Waals surface area contributed by atoms with Crippen LogP contribution >= 0.6 is 0 Å². The number of phenolic OH excluding ortho intramolecular Hbond substituents is 1. The first-order valence-corrected chi connectivity index (χ1v) is 11.2. The van der Waals surface area contributed by atoms with Crippen LogP contribution in [0.3, 0.4) is 0 Å². The number of hydrogen-bond donors (Lipinski definition) is 2. The van der Waals surface area contributed by atoms with Crippen molar-refractivity contribution in [1.29, 1.82) is 0 Å². The number of hydrogen-bond acceptors (Lipinski definition) is 3. The van der Waals surface area contributed by atoms with Crippen LogP contribution in [-0.4, -0.2) is 22.5 Å². The third-order valence-corrected chi connectivity index (χ3v) is 6.85. The number of aromatic hydroxyl groups is 1. The van der Waals surface area contributed by atoms with Crippen molar-refractivity contribution < 1.29 is 14.7 Å². The van der Waals surface area contributed by atoms with Crippen molar-refractivity contribution >= 4 is 23.2 Å². The number of rotatable bonds is 3. The fraction of sp³-hybridized carbons (Fsp3) is 0.259. The fourth-order valence-electron chi connectivity index (χ4n) is 5.48. The van der Waals surface area contributed by atoms with Gasteiger partial charge >= 0.3 is 0 Å². The minimum Gasteiger partial charge on any atom is -0.506 e. The summed E-state index contributed by atoms with van der Waals surface area (Å²) >= 11 is 0. The number of benzene rings is 3. The van der Waals surface area contributed by atoms with Gasteiger partial charge in [0.2, 0.25) is 5.91 Å². The number of fused-ring (bicyclic) bond motifs is 1. The van der Waals surface area contributed by atoms with Gasteiger partial charge in [-0.3, -0.25) is 9.59 Å². The van der Waals surface area contributed by atoms with Gasteiger partial charge < -0.3 is 15.3 Å². The van der Waals surface area contributed by atoms with E-state index in [1.807, 2.05) is 59.5 Å². The number of nitrogens with one attached hydrogen (secondary N) is 1. The summed E-state index contributed by atoms with van der Waals surface area (Å²) in [5, 5.41) is 13.2. The van der Waals surface area contributed by atoms with Gasteiger partial charge in [-0.1, -0.05) is 67.8 Å². The number of phenols is 1. The first kappa shape index (κ1) is 20.3. The highest BCUT2D eigenvalue weighted by atomic mass is 16.3. The van der Waals surface area contributed by atoms with Crippen molar-refractivity contribution in [3.8, 4) is 5.75 Å². The highest BCUT2D eigenvalue weighted by Crippen LogP contribution is 2.51. The largest absolute Gasteiger partial charge is 0.506 e. The molecule has 0 radical (unpaired) electrons. The topological polar surface area (TPSA) is 69.6 Å². The SMILES string of the molecule is O=C(Nc1ccccc1O)[C@@H]1c2ccccc2C(=O)N(c2ccccc2)C12CCCCC2. The van der Waals surface area contributed by atoms with Crippen molar-refractivity contribution in [2.75, 3.05) is 10.2 Å². The Balaban J connectivity index is 1.68. The Bertz CT molecular complexity index is 1150. The molecule has 1 fully saturated rings. The lowest BCUT2D eigenvalue weighted by Gasteiger charge is -2.53. The molecule has 1 aliphatic heterocycles. The van der Waals surface area contributed by atoms with Gasteiger partial charge in [0.25, 0.3) is 5.91 Å². The molecule has 1 spiro atoms. The zero-order chi connectivity index (χ0) is 22.1. The van der Waals surface area contributed by atoms with E-state index in [0.717, 1.165) is 43.4 Å². The van der Waals surface area contributed by atoms with E-state index < -0.39 is 11.5 Å². The highest BCUT2D eigenvalue weighted by Gasteiger charge is 2.55. The van der Waals surface area contributed by atoms with Gasteiger partial charge in [-0.15, -0.1) is 0 Å². The van der Waals surface area contributed by atoms with Crippen molar-refractivity contribution in [2.45, 2.75) is 43.6 Å². The standard InChI is InChI=1S/C27H26N2O3/c30-23-16-8-7-15-22(23)28-25(31)24-20-13-5-6-14-21(20)26(32)29(19-11-3-1-4-12-19)27(24)17-9-2-10-18-27/h1,3-8,11-16,24,30H,2,9-10,17-18H2,(H,28,31)/t24-/m0/s1. The molecule has 0 saturated heterocycles. The summed E-state index contributed by atoms with van der Waals surface area (Å²) < 4.78 is 0. The fourth-order valence-corrected chi connectivity index (χ4v) is 5.48. The van der Waals surface area contributed by atoms with Gasteiger partial charge in [-0.25, -0.2) is 0 Å². The van der Waals surface area contributed by atoms with Crippen LogP contribution in [0.2, 0.25) is 0 Å². The van der Waals surface area contributed by atoms with Gasteiger partial charge in [-0.2, -0.15) is 0 Å². The molecular formula is C27H26N2O3. The molecule has 1 atom stereocenters. The quantitative estimate of drug-likeness (QED) is 0.545. The molecule has 2 amide bonds. The third-order valence-electron chi connectivity index (χ3n) is 6.85. The lowest BCUT2D eigenvalue weighted by Crippen LogP contribution is -2.62. The van der Waals surface area contributed by atoms with E-state index in [0.29, 0.717) is 11.3 Å². The Morgan fingerprint density at radius 2 is 1.53 bits per heavy atom. The van der Waals surface area contributed by atoms with Crippen LogP contribution < -0.4 is 10.2 Å². The van der Waals surface area contributed by atoms with Crippen LogP contribution in [0.1, 0.15) is 53.9 Å². The second-order valence-electron chi connectivity index (χ2n) is 8.67. The highest BCUT2D eigenvalue weighted by molar-refractivity contribution is 6.13. The van der Waals surface area contributed by atoms with Gasteiger partial charge in [0.05, 0.1) is 17.1 Å². The Morgan fingerprint density at radius 1 is 0.875 bits per heavy atom. The van der Waals surface area contributed by atoms with Gasteiger partial charge in [-0.05, 0) is 48.7 Å². The first-order chi connectivity index (χ1) is 15.6. The maximum atomic E-state index is 13.9. The van der Waals surface area contributed by atoms with Gasteiger partial charge in [0, 0.05) is 11.3 Å². The molecule has 2 aliphatic rings. The van der Waals surface area contributed by atoms with E-state index >= 15 is 0 Å².